The van der Waals surface area contributed by atoms with Gasteiger partial charge in [-0.05, 0) is 18.4 Å². The van der Waals surface area contributed by atoms with Gasteiger partial charge < -0.3 is 0 Å². The molecule has 7 nitrogen and oxygen atoms in total. The lowest BCUT2D eigenvalue weighted by Gasteiger charge is -2.04. The summed E-state index contributed by atoms with van der Waals surface area (Å²) in [7, 11) is 0. The number of aromatic nitrogens is 2. The zero-order valence-electron chi connectivity index (χ0n) is 11.2. The molecule has 0 spiro atoms. The first-order valence-corrected chi connectivity index (χ1v) is 7.81. The number of halogens is 3. The van der Waals surface area contributed by atoms with E-state index in [0.717, 1.165) is 6.07 Å². The molecule has 1 aromatic carbocycles. The fraction of sp³-hybridized carbons (Fsp3) is 0.182. The summed E-state index contributed by atoms with van der Waals surface area (Å²) in [5, 5.41) is 17.6. The lowest BCUT2D eigenvalue weighted by molar-refractivity contribution is -0.385. The van der Waals surface area contributed by atoms with Crippen molar-refractivity contribution in [2.45, 2.75) is 11.1 Å². The molecular weight excluding hydrogens is 357 g/mol. The molecule has 0 aliphatic rings. The van der Waals surface area contributed by atoms with Gasteiger partial charge in [-0.1, -0.05) is 11.3 Å². The third-order valence-electron chi connectivity index (χ3n) is 2.53. The Bertz CT molecular complexity index is 763. The van der Waals surface area contributed by atoms with Crippen molar-refractivity contribution in [2.24, 2.45) is 0 Å². The number of nitrogens with one attached hydrogen (secondary N) is 1. The van der Waals surface area contributed by atoms with Crippen LogP contribution in [-0.4, -0.2) is 27.3 Å². The highest BCUT2D eigenvalue weighted by Gasteiger charge is 2.36. The first-order chi connectivity index (χ1) is 10.7. The molecule has 1 heterocycles. The number of nitrogens with zero attached hydrogens (tertiary/aromatic N) is 3. The summed E-state index contributed by atoms with van der Waals surface area (Å²) in [4.78, 5) is 22.9. The molecule has 0 bridgehead atoms. The molecule has 122 valence electrons. The molecule has 0 saturated heterocycles. The first kappa shape index (κ1) is 17.1. The van der Waals surface area contributed by atoms with Crippen molar-refractivity contribution in [3.63, 3.8) is 0 Å². The van der Waals surface area contributed by atoms with Gasteiger partial charge in [0.15, 0.2) is 0 Å². The third kappa shape index (κ3) is 3.96. The van der Waals surface area contributed by atoms with Crippen molar-refractivity contribution < 1.29 is 22.9 Å². The Labute approximate surface area is 135 Å². The molecule has 0 radical (unpaired) electrons. The van der Waals surface area contributed by atoms with Gasteiger partial charge >= 0.3 is 6.18 Å². The monoisotopic (exact) mass is 364 g/mol. The van der Waals surface area contributed by atoms with E-state index in [1.54, 1.807) is 6.26 Å². The molecule has 2 rings (SSSR count). The van der Waals surface area contributed by atoms with Gasteiger partial charge in [-0.15, -0.1) is 22.0 Å². The van der Waals surface area contributed by atoms with Crippen molar-refractivity contribution in [1.82, 2.24) is 10.2 Å². The van der Waals surface area contributed by atoms with E-state index in [9.17, 15) is 28.1 Å². The molecule has 0 saturated carbocycles. The largest absolute Gasteiger partial charge is 0.445 e. The molecule has 1 aromatic heterocycles. The van der Waals surface area contributed by atoms with Crippen molar-refractivity contribution >= 4 is 39.8 Å². The van der Waals surface area contributed by atoms with E-state index in [4.69, 9.17) is 0 Å². The number of rotatable bonds is 4. The Morgan fingerprint density at radius 3 is 2.61 bits per heavy atom. The summed E-state index contributed by atoms with van der Waals surface area (Å²) in [5.74, 6) is -0.933. The van der Waals surface area contributed by atoms with Gasteiger partial charge in [0.05, 0.1) is 4.92 Å². The zero-order chi connectivity index (χ0) is 17.2. The number of nitro benzene ring substituents is 1. The third-order valence-corrected chi connectivity index (χ3v) is 4.14. The van der Waals surface area contributed by atoms with Crippen LogP contribution in [0.4, 0.5) is 24.0 Å². The predicted molar refractivity (Wildman–Crippen MR) is 77.7 cm³/mol. The maximum absolute atomic E-state index is 12.4. The van der Waals surface area contributed by atoms with Crippen LogP contribution >= 0.6 is 23.1 Å². The van der Waals surface area contributed by atoms with Crippen LogP contribution in [0.3, 0.4) is 0 Å². The van der Waals surface area contributed by atoms with Crippen LogP contribution in [-0.2, 0) is 6.18 Å². The average molecular weight is 364 g/mol. The number of alkyl halides is 3. The summed E-state index contributed by atoms with van der Waals surface area (Å²) in [6.07, 6.45) is -2.96. The lowest BCUT2D eigenvalue weighted by Crippen LogP contribution is -2.14. The Balaban J connectivity index is 2.30. The number of benzene rings is 1. The van der Waals surface area contributed by atoms with Crippen molar-refractivity contribution in [2.75, 3.05) is 11.6 Å². The molecule has 12 heteroatoms. The number of amides is 1. The van der Waals surface area contributed by atoms with Crippen LogP contribution in [0.5, 0.6) is 0 Å². The SMILES string of the molecule is CSc1ccc([N+](=O)[O-])c(C(=O)Nc2nnc(C(F)(F)F)s2)c1. The molecule has 0 aliphatic carbocycles. The maximum Gasteiger partial charge on any atom is 0.445 e. The number of carbonyl (C=O) groups excluding carboxylic acids is 1. The minimum atomic E-state index is -4.68. The quantitative estimate of drug-likeness (QED) is 0.507. The van der Waals surface area contributed by atoms with E-state index in [1.807, 2.05) is 0 Å². The first-order valence-electron chi connectivity index (χ1n) is 5.77. The molecule has 0 atom stereocenters. The Kier molecular flexibility index (Phi) is 4.85. The minimum Gasteiger partial charge on any atom is -0.296 e. The van der Waals surface area contributed by atoms with Crippen LogP contribution in [0.15, 0.2) is 23.1 Å². The number of anilines is 1. The highest BCUT2D eigenvalue weighted by atomic mass is 32.2. The van der Waals surface area contributed by atoms with Gasteiger partial charge in [0.25, 0.3) is 11.6 Å². The fourth-order valence-electron chi connectivity index (χ4n) is 1.54. The molecule has 2 aromatic rings. The smallest absolute Gasteiger partial charge is 0.296 e. The molecule has 0 fully saturated rings. The second-order valence-corrected chi connectivity index (χ2v) is 5.86. The molecule has 0 unspecified atom stereocenters. The Hall–Kier alpha value is -2.21. The van der Waals surface area contributed by atoms with Crippen molar-refractivity contribution in [3.8, 4) is 0 Å². The van der Waals surface area contributed by atoms with E-state index in [1.165, 1.54) is 23.9 Å². The number of nitro groups is 1. The number of carbonyl (C=O) groups is 1. The van der Waals surface area contributed by atoms with E-state index in [-0.39, 0.29) is 16.9 Å². The molecule has 23 heavy (non-hydrogen) atoms. The normalized spacial score (nSPS) is 11.3. The van der Waals surface area contributed by atoms with Gasteiger partial charge in [0.1, 0.15) is 5.56 Å². The van der Waals surface area contributed by atoms with Crippen LogP contribution in [0.25, 0.3) is 0 Å². The van der Waals surface area contributed by atoms with E-state index in [2.05, 4.69) is 15.5 Å². The standard InChI is InChI=1S/C11H7F3N4O3S2/c1-22-5-2-3-7(18(20)21)6(4-5)8(19)15-10-17-16-9(23-10)11(12,13)14/h2-4H,1H3,(H,15,17,19). The Morgan fingerprint density at radius 1 is 1.39 bits per heavy atom. The summed E-state index contributed by atoms with van der Waals surface area (Å²) in [6, 6.07) is 3.90. The summed E-state index contributed by atoms with van der Waals surface area (Å²) >= 11 is 1.39. The van der Waals surface area contributed by atoms with E-state index < -0.39 is 32.8 Å². The molecular formula is C11H7F3N4O3S2. The van der Waals surface area contributed by atoms with Crippen LogP contribution in [0, 0.1) is 10.1 Å². The number of thioether (sulfide) groups is 1. The topological polar surface area (TPSA) is 98.0 Å². The highest BCUT2D eigenvalue weighted by molar-refractivity contribution is 7.98. The van der Waals surface area contributed by atoms with Crippen molar-refractivity contribution in [3.05, 3.63) is 38.9 Å². The number of hydrogen-bond acceptors (Lipinski definition) is 7. The molecule has 0 aliphatic heterocycles. The molecule has 1 amide bonds. The molecule has 1 N–H and O–H groups in total. The van der Waals surface area contributed by atoms with Crippen LogP contribution in [0.2, 0.25) is 0 Å². The second-order valence-electron chi connectivity index (χ2n) is 4.00. The second kappa shape index (κ2) is 6.50. The van der Waals surface area contributed by atoms with E-state index in [0.29, 0.717) is 4.90 Å². The maximum atomic E-state index is 12.4. The summed E-state index contributed by atoms with van der Waals surface area (Å²) < 4.78 is 37.3. The van der Waals surface area contributed by atoms with Crippen LogP contribution < -0.4 is 5.32 Å². The van der Waals surface area contributed by atoms with Gasteiger partial charge in [-0.2, -0.15) is 13.2 Å². The fourth-order valence-corrected chi connectivity index (χ4v) is 2.58. The zero-order valence-corrected chi connectivity index (χ0v) is 12.9. The van der Waals surface area contributed by atoms with Gasteiger partial charge in [0, 0.05) is 11.0 Å². The van der Waals surface area contributed by atoms with Gasteiger partial charge in [0.2, 0.25) is 10.1 Å². The summed E-state index contributed by atoms with van der Waals surface area (Å²) in [6.45, 7) is 0. The Morgan fingerprint density at radius 2 is 2.09 bits per heavy atom. The van der Waals surface area contributed by atoms with Gasteiger partial charge in [-0.25, -0.2) is 0 Å². The summed E-state index contributed by atoms with van der Waals surface area (Å²) in [5.41, 5.74) is -0.730. The average Bonchev–Trinajstić information content (AvgIpc) is 2.95. The van der Waals surface area contributed by atoms with Crippen LogP contribution in [0.1, 0.15) is 15.4 Å². The highest BCUT2D eigenvalue weighted by Crippen LogP contribution is 2.33. The van der Waals surface area contributed by atoms with E-state index >= 15 is 0 Å². The van der Waals surface area contributed by atoms with Crippen molar-refractivity contribution in [1.29, 1.82) is 0 Å². The minimum absolute atomic E-state index is 0.133. The van der Waals surface area contributed by atoms with Gasteiger partial charge in [-0.3, -0.25) is 20.2 Å². The lowest BCUT2D eigenvalue weighted by atomic mass is 10.1. The predicted octanol–water partition coefficient (Wildman–Crippen LogP) is 3.44. The number of hydrogen-bond donors (Lipinski definition) is 1.